The molecule has 1 fully saturated rings. The van der Waals surface area contributed by atoms with Crippen molar-refractivity contribution in [3.05, 3.63) is 24.4 Å². The van der Waals surface area contributed by atoms with Gasteiger partial charge in [0, 0.05) is 12.7 Å². The summed E-state index contributed by atoms with van der Waals surface area (Å²) in [5.41, 5.74) is 0. The lowest BCUT2D eigenvalue weighted by molar-refractivity contribution is 0.669. The summed E-state index contributed by atoms with van der Waals surface area (Å²) in [5.74, 6) is 0. The molecule has 4 heteroatoms. The Morgan fingerprint density at radius 1 is 1.54 bits per heavy atom. The van der Waals surface area contributed by atoms with E-state index in [1.807, 2.05) is 18.2 Å². The first kappa shape index (κ1) is 8.84. The van der Waals surface area contributed by atoms with Gasteiger partial charge in [0.25, 0.3) is 0 Å². The molecule has 70 valence electrons. The summed E-state index contributed by atoms with van der Waals surface area (Å²) in [5, 5.41) is 4.15. The number of hydrogen-bond donors (Lipinski definition) is 1. The molecule has 0 radical (unpaired) electrons. The van der Waals surface area contributed by atoms with Gasteiger partial charge in [-0.05, 0) is 25.1 Å². The zero-order valence-corrected chi connectivity index (χ0v) is 8.09. The summed E-state index contributed by atoms with van der Waals surface area (Å²) < 4.78 is 11.9. The summed E-state index contributed by atoms with van der Waals surface area (Å²) in [6.07, 6.45) is 2.68. The lowest BCUT2D eigenvalue weighted by Gasteiger charge is -2.06. The molecule has 0 amide bonds. The maximum atomic E-state index is 11.9. The van der Waals surface area contributed by atoms with Crippen LogP contribution in [0.1, 0.15) is 6.42 Å². The van der Waals surface area contributed by atoms with E-state index in [0.29, 0.717) is 5.03 Å². The molecule has 3 nitrogen and oxygen atoms in total. The number of hydrogen-bond acceptors (Lipinski definition) is 3. The Kier molecular flexibility index (Phi) is 2.71. The van der Waals surface area contributed by atoms with E-state index in [2.05, 4.69) is 10.3 Å². The van der Waals surface area contributed by atoms with Crippen LogP contribution in [0.15, 0.2) is 29.4 Å². The summed E-state index contributed by atoms with van der Waals surface area (Å²) >= 11 is 0. The maximum Gasteiger partial charge on any atom is 0.127 e. The third kappa shape index (κ3) is 1.95. The zero-order chi connectivity index (χ0) is 9.10. The van der Waals surface area contributed by atoms with Crippen molar-refractivity contribution in [2.45, 2.75) is 16.7 Å². The summed E-state index contributed by atoms with van der Waals surface area (Å²) in [4.78, 5) is 4.10. The van der Waals surface area contributed by atoms with Gasteiger partial charge in [-0.25, -0.2) is 4.98 Å². The van der Waals surface area contributed by atoms with E-state index in [1.165, 1.54) is 0 Å². The van der Waals surface area contributed by atoms with Crippen LogP contribution in [0.3, 0.4) is 0 Å². The van der Waals surface area contributed by atoms with Crippen LogP contribution in [0.5, 0.6) is 0 Å². The van der Waals surface area contributed by atoms with Crippen LogP contribution in [0.25, 0.3) is 0 Å². The van der Waals surface area contributed by atoms with Crippen molar-refractivity contribution >= 4 is 10.8 Å². The molecule has 0 spiro atoms. The van der Waals surface area contributed by atoms with Gasteiger partial charge < -0.3 is 5.32 Å². The minimum Gasteiger partial charge on any atom is -0.315 e. The van der Waals surface area contributed by atoms with Gasteiger partial charge in [-0.2, -0.15) is 0 Å². The first-order valence-electron chi connectivity index (χ1n) is 4.40. The number of pyridine rings is 1. The highest BCUT2D eigenvalue weighted by atomic mass is 32.2. The van der Waals surface area contributed by atoms with Crippen LogP contribution < -0.4 is 5.32 Å². The molecule has 0 aromatic carbocycles. The summed E-state index contributed by atoms with van der Waals surface area (Å²) in [6, 6.07) is 5.55. The van der Waals surface area contributed by atoms with Gasteiger partial charge in [0.1, 0.15) is 5.03 Å². The van der Waals surface area contributed by atoms with Gasteiger partial charge in [0.2, 0.25) is 0 Å². The van der Waals surface area contributed by atoms with Gasteiger partial charge in [-0.3, -0.25) is 4.21 Å². The summed E-state index contributed by atoms with van der Waals surface area (Å²) in [6.45, 7) is 1.83. The summed E-state index contributed by atoms with van der Waals surface area (Å²) in [7, 11) is -0.932. The van der Waals surface area contributed by atoms with E-state index in [4.69, 9.17) is 0 Å². The monoisotopic (exact) mass is 196 g/mol. The first-order chi connectivity index (χ1) is 6.38. The molecular weight excluding hydrogens is 184 g/mol. The Morgan fingerprint density at radius 2 is 2.46 bits per heavy atom. The number of nitrogens with one attached hydrogen (secondary N) is 1. The number of rotatable bonds is 2. The highest BCUT2D eigenvalue weighted by Gasteiger charge is 2.22. The molecule has 2 rings (SSSR count). The molecule has 13 heavy (non-hydrogen) atoms. The minimum absolute atomic E-state index is 0.245. The first-order valence-corrected chi connectivity index (χ1v) is 5.61. The van der Waals surface area contributed by atoms with Crippen LogP contribution in [0.4, 0.5) is 0 Å². The van der Waals surface area contributed by atoms with Gasteiger partial charge >= 0.3 is 0 Å². The molecule has 0 bridgehead atoms. The Balaban J connectivity index is 2.13. The fraction of sp³-hybridized carbons (Fsp3) is 0.444. The second-order valence-electron chi connectivity index (χ2n) is 3.08. The molecule has 0 unspecified atom stereocenters. The van der Waals surface area contributed by atoms with Crippen molar-refractivity contribution in [3.63, 3.8) is 0 Å². The van der Waals surface area contributed by atoms with E-state index in [-0.39, 0.29) is 5.25 Å². The fourth-order valence-corrected chi connectivity index (χ4v) is 2.77. The third-order valence-electron chi connectivity index (χ3n) is 2.16. The van der Waals surface area contributed by atoms with Crippen LogP contribution in [-0.2, 0) is 10.8 Å². The molecule has 1 aliphatic heterocycles. The van der Waals surface area contributed by atoms with Crippen molar-refractivity contribution in [1.82, 2.24) is 10.3 Å². The Labute approximate surface area is 80.0 Å². The average Bonchev–Trinajstić information content (AvgIpc) is 2.71. The molecule has 2 heterocycles. The predicted octanol–water partition coefficient (Wildman–Crippen LogP) is 0.551. The highest BCUT2D eigenvalue weighted by molar-refractivity contribution is 7.85. The van der Waals surface area contributed by atoms with Gasteiger partial charge in [-0.1, -0.05) is 6.07 Å². The molecule has 0 saturated carbocycles. The SMILES string of the molecule is O=[S@@](c1ccccn1)[C@@H]1CCNC1. The standard InChI is InChI=1S/C9H12N2OS/c12-13(8-4-6-10-7-8)9-3-1-2-5-11-9/h1-3,5,8,10H,4,6-7H2/t8-,13-/m1/s1. The maximum absolute atomic E-state index is 11.9. The number of nitrogens with zero attached hydrogens (tertiary/aromatic N) is 1. The molecule has 1 saturated heterocycles. The molecule has 0 aliphatic carbocycles. The van der Waals surface area contributed by atoms with Crippen LogP contribution in [0, 0.1) is 0 Å². The minimum atomic E-state index is -0.932. The van der Waals surface area contributed by atoms with E-state index >= 15 is 0 Å². The molecule has 1 aromatic rings. The predicted molar refractivity (Wildman–Crippen MR) is 51.9 cm³/mol. The van der Waals surface area contributed by atoms with E-state index < -0.39 is 10.8 Å². The van der Waals surface area contributed by atoms with Crippen molar-refractivity contribution in [1.29, 1.82) is 0 Å². The molecule has 1 N–H and O–H groups in total. The van der Waals surface area contributed by atoms with Crippen LogP contribution in [-0.4, -0.2) is 27.5 Å². The lowest BCUT2D eigenvalue weighted by Crippen LogP contribution is -2.19. The van der Waals surface area contributed by atoms with Gasteiger partial charge in [0.05, 0.1) is 16.0 Å². The topological polar surface area (TPSA) is 42.0 Å². The quantitative estimate of drug-likeness (QED) is 0.751. The van der Waals surface area contributed by atoms with Crippen molar-refractivity contribution in [2.24, 2.45) is 0 Å². The lowest BCUT2D eigenvalue weighted by atomic mass is 10.4. The van der Waals surface area contributed by atoms with Gasteiger partial charge in [-0.15, -0.1) is 0 Å². The molecule has 2 atom stereocenters. The third-order valence-corrected chi connectivity index (χ3v) is 3.82. The Morgan fingerprint density at radius 3 is 3.08 bits per heavy atom. The largest absolute Gasteiger partial charge is 0.315 e. The molecular formula is C9H12N2OS. The Bertz CT molecular complexity index is 296. The van der Waals surface area contributed by atoms with E-state index in [1.54, 1.807) is 6.20 Å². The normalized spacial score (nSPS) is 24.5. The second kappa shape index (κ2) is 3.98. The highest BCUT2D eigenvalue weighted by Crippen LogP contribution is 2.13. The van der Waals surface area contributed by atoms with Crippen LogP contribution in [0.2, 0.25) is 0 Å². The fourth-order valence-electron chi connectivity index (χ4n) is 1.45. The van der Waals surface area contributed by atoms with E-state index in [9.17, 15) is 4.21 Å². The van der Waals surface area contributed by atoms with Crippen molar-refractivity contribution in [2.75, 3.05) is 13.1 Å². The van der Waals surface area contributed by atoms with Crippen LogP contribution >= 0.6 is 0 Å². The number of aromatic nitrogens is 1. The van der Waals surface area contributed by atoms with Gasteiger partial charge in [0.15, 0.2) is 0 Å². The Hall–Kier alpha value is -0.740. The van der Waals surface area contributed by atoms with Crippen molar-refractivity contribution in [3.8, 4) is 0 Å². The smallest absolute Gasteiger partial charge is 0.127 e. The average molecular weight is 196 g/mol. The van der Waals surface area contributed by atoms with E-state index in [0.717, 1.165) is 19.5 Å². The molecule has 1 aliphatic rings. The zero-order valence-electron chi connectivity index (χ0n) is 7.27. The van der Waals surface area contributed by atoms with Crippen molar-refractivity contribution < 1.29 is 4.21 Å². The molecule has 1 aromatic heterocycles. The second-order valence-corrected chi connectivity index (χ2v) is 4.76.